The van der Waals surface area contributed by atoms with Crippen LogP contribution in [0.1, 0.15) is 6.42 Å². The van der Waals surface area contributed by atoms with Crippen molar-refractivity contribution in [3.05, 3.63) is 22.1 Å². The zero-order valence-corrected chi connectivity index (χ0v) is 5.45. The van der Waals surface area contributed by atoms with Gasteiger partial charge in [-0.1, -0.05) is 0 Å². The third kappa shape index (κ3) is 1.27. The number of hydrogen-bond acceptors (Lipinski definition) is 0. The molecule has 7 heavy (non-hydrogen) atoms. The van der Waals surface area contributed by atoms with Crippen LogP contribution >= 0.6 is 0 Å². The topological polar surface area (TPSA) is 22.3 Å². The molecule has 1 aliphatic carbocycles. The van der Waals surface area contributed by atoms with Crippen molar-refractivity contribution >= 4 is 0 Å². The van der Waals surface area contributed by atoms with Gasteiger partial charge >= 0.3 is 52.2 Å². The Morgan fingerprint density at radius 3 is 2.86 bits per heavy atom. The van der Waals surface area contributed by atoms with Crippen LogP contribution in [0.15, 0.2) is 22.1 Å². The van der Waals surface area contributed by atoms with E-state index >= 15 is 0 Å². The van der Waals surface area contributed by atoms with Crippen LogP contribution in [0.4, 0.5) is 0 Å². The van der Waals surface area contributed by atoms with Crippen LogP contribution in [-0.4, -0.2) is 0 Å². The summed E-state index contributed by atoms with van der Waals surface area (Å²) < 4.78 is 9.82. The Balaban J connectivity index is 2.45. The fraction of sp³-hybridized carbons (Fsp3) is 0.200. The van der Waals surface area contributed by atoms with Crippen LogP contribution in [0.25, 0.3) is 0 Å². The Bertz CT molecular complexity index is 115. The second-order valence-electron chi connectivity index (χ2n) is 1.44. The molecule has 0 aromatic carbocycles. The summed E-state index contributed by atoms with van der Waals surface area (Å²) in [5.41, 5.74) is 0. The molecule has 1 nitrogen and oxygen atoms in total. The van der Waals surface area contributed by atoms with Gasteiger partial charge in [0.05, 0.1) is 0 Å². The third-order valence-electron chi connectivity index (χ3n) is 0.915. The van der Waals surface area contributed by atoms with Crippen LogP contribution in [0, 0.1) is 0 Å². The van der Waals surface area contributed by atoms with Crippen molar-refractivity contribution in [3.63, 3.8) is 0 Å². The maximum absolute atomic E-state index is 8.58. The van der Waals surface area contributed by atoms with E-state index in [1.165, 1.54) is 3.88 Å². The molecule has 0 atom stereocenters. The van der Waals surface area contributed by atoms with Crippen molar-refractivity contribution in [1.29, 1.82) is 0 Å². The SMILES string of the molecule is [N][Ti][C]1=CC=CC1. The Kier molecular flexibility index (Phi) is 1.86. The third-order valence-corrected chi connectivity index (χ3v) is 1.94. The van der Waals surface area contributed by atoms with Crippen molar-refractivity contribution in [2.24, 2.45) is 0 Å². The molecule has 0 saturated carbocycles. The Morgan fingerprint density at radius 2 is 2.57 bits per heavy atom. The predicted octanol–water partition coefficient (Wildman–Crippen LogP) is 0.896. The first-order valence-electron chi connectivity index (χ1n) is 2.19. The minimum atomic E-state index is -0.708. The van der Waals surface area contributed by atoms with Gasteiger partial charge in [0.15, 0.2) is 0 Å². The molecule has 2 heteroatoms. The van der Waals surface area contributed by atoms with Crippen LogP contribution in [-0.2, 0) is 19.4 Å². The number of rotatable bonds is 1. The van der Waals surface area contributed by atoms with Gasteiger partial charge in [0.2, 0.25) is 0 Å². The molecule has 0 unspecified atom stereocenters. The molecule has 2 radical (unpaired) electrons. The Labute approximate surface area is 52.5 Å². The molecule has 0 spiro atoms. The summed E-state index contributed by atoms with van der Waals surface area (Å²) in [5.74, 6) is 0. The maximum atomic E-state index is 8.58. The molecule has 0 fully saturated rings. The Hall–Kier alpha value is 0.154. The van der Waals surface area contributed by atoms with Gasteiger partial charge in [0.25, 0.3) is 0 Å². The first-order chi connectivity index (χ1) is 3.43. The molecular formula is C5H5NTi. The summed E-state index contributed by atoms with van der Waals surface area (Å²) in [6, 6.07) is 0. The zero-order valence-electron chi connectivity index (χ0n) is 3.89. The van der Waals surface area contributed by atoms with E-state index in [4.69, 9.17) is 4.22 Å². The molecule has 0 aromatic rings. The normalized spacial score (nSPS) is 17.0. The molecule has 0 bridgehead atoms. The van der Waals surface area contributed by atoms with Crippen molar-refractivity contribution in [2.45, 2.75) is 6.42 Å². The van der Waals surface area contributed by atoms with Crippen LogP contribution in [0.5, 0.6) is 0 Å². The molecule has 1 rings (SSSR count). The average molecular weight is 127 g/mol. The van der Waals surface area contributed by atoms with Crippen molar-refractivity contribution in [1.82, 2.24) is 4.22 Å². The molecule has 1 aliphatic rings. The van der Waals surface area contributed by atoms with E-state index in [1.54, 1.807) is 0 Å². The first-order valence-corrected chi connectivity index (χ1v) is 3.67. The van der Waals surface area contributed by atoms with Crippen molar-refractivity contribution in [3.8, 4) is 0 Å². The van der Waals surface area contributed by atoms with Gasteiger partial charge in [-0.3, -0.25) is 0 Å². The van der Waals surface area contributed by atoms with E-state index in [0.29, 0.717) is 0 Å². The van der Waals surface area contributed by atoms with Crippen LogP contribution < -0.4 is 4.22 Å². The number of nitrogens with zero attached hydrogens (tertiary/aromatic N) is 1. The van der Waals surface area contributed by atoms with Gasteiger partial charge in [0.1, 0.15) is 0 Å². The van der Waals surface area contributed by atoms with Gasteiger partial charge in [-0.15, -0.1) is 0 Å². The summed E-state index contributed by atoms with van der Waals surface area (Å²) in [4.78, 5) is 0. The van der Waals surface area contributed by atoms with Crippen LogP contribution in [0.3, 0.4) is 0 Å². The van der Waals surface area contributed by atoms with E-state index in [2.05, 4.69) is 6.08 Å². The van der Waals surface area contributed by atoms with Gasteiger partial charge in [-0.25, -0.2) is 0 Å². The van der Waals surface area contributed by atoms with Crippen molar-refractivity contribution in [2.75, 3.05) is 0 Å². The Morgan fingerprint density at radius 1 is 1.71 bits per heavy atom. The molecule has 0 heterocycles. The quantitative estimate of drug-likeness (QED) is 0.467. The summed E-state index contributed by atoms with van der Waals surface area (Å²) in [7, 11) is 0. The van der Waals surface area contributed by atoms with E-state index in [9.17, 15) is 0 Å². The van der Waals surface area contributed by atoms with E-state index in [1.807, 2.05) is 12.2 Å². The molecular weight excluding hydrogens is 122 g/mol. The molecule has 0 amide bonds. The number of hydrogen-bond donors (Lipinski definition) is 0. The minimum absolute atomic E-state index is 0.708. The van der Waals surface area contributed by atoms with Gasteiger partial charge in [-0.2, -0.15) is 0 Å². The fourth-order valence-electron chi connectivity index (χ4n) is 0.530. The van der Waals surface area contributed by atoms with E-state index in [0.717, 1.165) is 6.42 Å². The van der Waals surface area contributed by atoms with E-state index in [-0.39, 0.29) is 0 Å². The molecule has 0 aromatic heterocycles. The van der Waals surface area contributed by atoms with Crippen LogP contribution in [0.2, 0.25) is 0 Å². The molecule has 0 aliphatic heterocycles. The van der Waals surface area contributed by atoms with Gasteiger partial charge in [0, 0.05) is 0 Å². The predicted molar refractivity (Wildman–Crippen MR) is 24.0 cm³/mol. The first kappa shape index (κ1) is 5.29. The van der Waals surface area contributed by atoms with Gasteiger partial charge < -0.3 is 0 Å². The second-order valence-corrected chi connectivity index (χ2v) is 2.79. The molecule has 34 valence electrons. The number of allylic oxidation sites excluding steroid dienone is 4. The summed E-state index contributed by atoms with van der Waals surface area (Å²) >= 11 is -0.708. The van der Waals surface area contributed by atoms with E-state index < -0.39 is 19.4 Å². The average Bonchev–Trinajstić information content (AvgIpc) is 2.14. The van der Waals surface area contributed by atoms with Crippen molar-refractivity contribution < 1.29 is 19.4 Å². The van der Waals surface area contributed by atoms with Gasteiger partial charge in [-0.05, 0) is 0 Å². The summed E-state index contributed by atoms with van der Waals surface area (Å²) in [5, 5.41) is 0. The standard InChI is InChI=1S/C5H5.N.Ti/c1-2-4-5-3-1;;/h1-3H,4H2;;. The fourth-order valence-corrected chi connectivity index (χ4v) is 1.12. The monoisotopic (exact) mass is 127 g/mol. The summed E-state index contributed by atoms with van der Waals surface area (Å²) in [6.45, 7) is 0. The second kappa shape index (κ2) is 2.46. The zero-order chi connectivity index (χ0) is 5.11. The molecule has 0 saturated heterocycles. The summed E-state index contributed by atoms with van der Waals surface area (Å²) in [6.07, 6.45) is 7.06. The molecule has 0 N–H and O–H groups in total.